The van der Waals surface area contributed by atoms with Gasteiger partial charge in [0.25, 0.3) is 0 Å². The molecule has 0 atom stereocenters. The highest BCUT2D eigenvalue weighted by atomic mass is 32.2. The summed E-state index contributed by atoms with van der Waals surface area (Å²) < 4.78 is 43.5. The largest absolute Gasteiger partial charge is 0.497 e. The highest BCUT2D eigenvalue weighted by molar-refractivity contribution is 7.89. The van der Waals surface area contributed by atoms with E-state index in [1.807, 2.05) is 24.3 Å². The van der Waals surface area contributed by atoms with E-state index < -0.39 is 10.0 Å². The van der Waals surface area contributed by atoms with E-state index >= 15 is 0 Å². The minimum absolute atomic E-state index is 0.0197. The number of methoxy groups -OCH3 is 2. The van der Waals surface area contributed by atoms with E-state index in [1.54, 1.807) is 6.07 Å². The summed E-state index contributed by atoms with van der Waals surface area (Å²) in [5.41, 5.74) is 1.18. The molecule has 2 rings (SSSR count). The van der Waals surface area contributed by atoms with Crippen molar-refractivity contribution in [2.45, 2.75) is 31.1 Å². The molecule has 0 spiro atoms. The van der Waals surface area contributed by atoms with Crippen molar-refractivity contribution in [2.75, 3.05) is 27.4 Å². The van der Waals surface area contributed by atoms with Gasteiger partial charge in [0.15, 0.2) is 0 Å². The van der Waals surface area contributed by atoms with E-state index in [9.17, 15) is 8.42 Å². The third-order valence-corrected chi connectivity index (χ3v) is 5.52. The van der Waals surface area contributed by atoms with E-state index in [4.69, 9.17) is 14.2 Å². The molecule has 0 saturated carbocycles. The molecule has 0 bridgehead atoms. The Balaban J connectivity index is 1.99. The summed E-state index contributed by atoms with van der Waals surface area (Å²) in [6.45, 7) is 6.73. The van der Waals surface area contributed by atoms with Crippen LogP contribution in [0.5, 0.6) is 17.2 Å². The Morgan fingerprint density at radius 1 is 0.963 bits per heavy atom. The zero-order chi connectivity index (χ0) is 20.1. The Hall–Kier alpha value is -2.25. The van der Waals surface area contributed by atoms with Crippen LogP contribution in [0.2, 0.25) is 0 Å². The summed E-state index contributed by atoms with van der Waals surface area (Å²) in [6.07, 6.45) is 0. The molecule has 0 radical (unpaired) electrons. The second-order valence-electron chi connectivity index (χ2n) is 7.04. The van der Waals surface area contributed by atoms with Crippen LogP contribution in [0, 0.1) is 0 Å². The van der Waals surface area contributed by atoms with Gasteiger partial charge in [0.1, 0.15) is 28.8 Å². The summed E-state index contributed by atoms with van der Waals surface area (Å²) in [4.78, 5) is 0.0560. The topological polar surface area (TPSA) is 73.9 Å². The SMILES string of the molecule is COc1ccc(S(=O)(=O)NCCOc2cccc(C(C)(C)C)c2)c(OC)c1. The third-order valence-electron chi connectivity index (χ3n) is 4.02. The van der Waals surface area contributed by atoms with E-state index in [1.165, 1.54) is 26.4 Å². The second kappa shape index (κ2) is 8.63. The smallest absolute Gasteiger partial charge is 0.244 e. The van der Waals surface area contributed by atoms with E-state index in [0.29, 0.717) is 11.5 Å². The summed E-state index contributed by atoms with van der Waals surface area (Å²) in [5.74, 6) is 1.46. The lowest BCUT2D eigenvalue weighted by atomic mass is 9.87. The van der Waals surface area contributed by atoms with Gasteiger partial charge in [-0.1, -0.05) is 32.9 Å². The van der Waals surface area contributed by atoms with Gasteiger partial charge in [0, 0.05) is 12.6 Å². The van der Waals surface area contributed by atoms with Crippen LogP contribution in [0.4, 0.5) is 0 Å². The lowest BCUT2D eigenvalue weighted by Gasteiger charge is -2.19. The molecular weight excluding hydrogens is 366 g/mol. The molecular formula is C20H27NO5S. The average Bonchev–Trinajstić information content (AvgIpc) is 2.64. The standard InChI is InChI=1S/C20H27NO5S/c1-20(2,3)15-7-6-8-17(13-15)26-12-11-21-27(22,23)19-10-9-16(24-4)14-18(19)25-5/h6-10,13-14,21H,11-12H2,1-5H3. The lowest BCUT2D eigenvalue weighted by Crippen LogP contribution is -2.28. The third kappa shape index (κ3) is 5.61. The molecule has 0 unspecified atom stereocenters. The van der Waals surface area contributed by atoms with Crippen molar-refractivity contribution in [3.63, 3.8) is 0 Å². The fourth-order valence-electron chi connectivity index (χ4n) is 2.47. The Morgan fingerprint density at radius 3 is 2.33 bits per heavy atom. The van der Waals surface area contributed by atoms with Gasteiger partial charge in [-0.15, -0.1) is 0 Å². The predicted octanol–water partition coefficient (Wildman–Crippen LogP) is 3.36. The summed E-state index contributed by atoms with van der Waals surface area (Å²) >= 11 is 0. The quantitative estimate of drug-likeness (QED) is 0.696. The highest BCUT2D eigenvalue weighted by Gasteiger charge is 2.20. The van der Waals surface area contributed by atoms with Crippen LogP contribution in [-0.4, -0.2) is 35.8 Å². The van der Waals surface area contributed by atoms with Crippen molar-refractivity contribution in [2.24, 2.45) is 0 Å². The highest BCUT2D eigenvalue weighted by Crippen LogP contribution is 2.28. The maximum absolute atomic E-state index is 12.5. The molecule has 0 aliphatic rings. The number of nitrogens with one attached hydrogen (secondary N) is 1. The number of ether oxygens (including phenoxy) is 3. The van der Waals surface area contributed by atoms with Gasteiger partial charge in [-0.2, -0.15) is 0 Å². The predicted molar refractivity (Wildman–Crippen MR) is 105 cm³/mol. The van der Waals surface area contributed by atoms with Crippen LogP contribution in [0.3, 0.4) is 0 Å². The summed E-state index contributed by atoms with van der Waals surface area (Å²) in [5, 5.41) is 0. The van der Waals surface area contributed by atoms with Gasteiger partial charge in [0.05, 0.1) is 14.2 Å². The van der Waals surface area contributed by atoms with E-state index in [0.717, 1.165) is 5.56 Å². The Morgan fingerprint density at radius 2 is 1.70 bits per heavy atom. The van der Waals surface area contributed by atoms with Gasteiger partial charge in [0.2, 0.25) is 10.0 Å². The molecule has 27 heavy (non-hydrogen) atoms. The van der Waals surface area contributed by atoms with Crippen molar-refractivity contribution in [3.05, 3.63) is 48.0 Å². The van der Waals surface area contributed by atoms with Crippen LogP contribution >= 0.6 is 0 Å². The molecule has 0 amide bonds. The van der Waals surface area contributed by atoms with Crippen LogP contribution in [-0.2, 0) is 15.4 Å². The zero-order valence-corrected chi connectivity index (χ0v) is 17.2. The lowest BCUT2D eigenvalue weighted by molar-refractivity contribution is 0.321. The van der Waals surface area contributed by atoms with Crippen molar-refractivity contribution in [3.8, 4) is 17.2 Å². The molecule has 2 aromatic carbocycles. The van der Waals surface area contributed by atoms with E-state index in [-0.39, 0.29) is 29.2 Å². The van der Waals surface area contributed by atoms with Gasteiger partial charge in [-0.3, -0.25) is 0 Å². The monoisotopic (exact) mass is 393 g/mol. The zero-order valence-electron chi connectivity index (χ0n) is 16.4. The summed E-state index contributed by atoms with van der Waals surface area (Å²) in [6, 6.07) is 12.4. The summed E-state index contributed by atoms with van der Waals surface area (Å²) in [7, 11) is -0.801. The van der Waals surface area contributed by atoms with Gasteiger partial charge < -0.3 is 14.2 Å². The van der Waals surface area contributed by atoms with Crippen molar-refractivity contribution >= 4 is 10.0 Å². The van der Waals surface area contributed by atoms with Crippen molar-refractivity contribution < 1.29 is 22.6 Å². The second-order valence-corrected chi connectivity index (χ2v) is 8.78. The molecule has 1 N–H and O–H groups in total. The van der Waals surface area contributed by atoms with Crippen molar-refractivity contribution in [1.29, 1.82) is 0 Å². The maximum Gasteiger partial charge on any atom is 0.244 e. The minimum Gasteiger partial charge on any atom is -0.497 e. The van der Waals surface area contributed by atoms with Gasteiger partial charge in [-0.05, 0) is 35.2 Å². The molecule has 0 fully saturated rings. The Bertz CT molecular complexity index is 872. The Labute approximate surface area is 161 Å². The number of hydrogen-bond acceptors (Lipinski definition) is 5. The molecule has 0 saturated heterocycles. The fourth-order valence-corrected chi connectivity index (χ4v) is 3.63. The molecule has 0 heterocycles. The van der Waals surface area contributed by atoms with Crippen LogP contribution in [0.25, 0.3) is 0 Å². The maximum atomic E-state index is 12.5. The van der Waals surface area contributed by atoms with Gasteiger partial charge >= 0.3 is 0 Å². The first-order chi connectivity index (χ1) is 12.7. The van der Waals surface area contributed by atoms with Gasteiger partial charge in [-0.25, -0.2) is 13.1 Å². The number of rotatable bonds is 8. The van der Waals surface area contributed by atoms with E-state index in [2.05, 4.69) is 25.5 Å². The first-order valence-electron chi connectivity index (χ1n) is 8.62. The van der Waals surface area contributed by atoms with Crippen molar-refractivity contribution in [1.82, 2.24) is 4.72 Å². The number of benzene rings is 2. The normalized spacial score (nSPS) is 11.9. The Kier molecular flexibility index (Phi) is 6.73. The molecule has 7 heteroatoms. The van der Waals surface area contributed by atoms with Crippen LogP contribution in [0.1, 0.15) is 26.3 Å². The molecule has 6 nitrogen and oxygen atoms in total. The fraction of sp³-hybridized carbons (Fsp3) is 0.400. The number of hydrogen-bond donors (Lipinski definition) is 1. The minimum atomic E-state index is -3.72. The first kappa shape index (κ1) is 21.1. The average molecular weight is 394 g/mol. The number of sulfonamides is 1. The molecule has 0 aromatic heterocycles. The molecule has 0 aliphatic carbocycles. The first-order valence-corrected chi connectivity index (χ1v) is 10.1. The molecule has 148 valence electrons. The van der Waals surface area contributed by atoms with Crippen LogP contribution in [0.15, 0.2) is 47.4 Å². The molecule has 2 aromatic rings. The molecule has 0 aliphatic heterocycles. The van der Waals surface area contributed by atoms with Crippen LogP contribution < -0.4 is 18.9 Å².